The number of fused-ring (bicyclic) bond motifs is 3. The molecule has 1 aromatic heterocycles. The number of rotatable bonds is 7. The lowest BCUT2D eigenvalue weighted by Crippen LogP contribution is -2.17. The van der Waals surface area contributed by atoms with Gasteiger partial charge in [-0.1, -0.05) is 229 Å². The first kappa shape index (κ1) is 49.0. The van der Waals surface area contributed by atoms with Crippen LogP contribution in [0.2, 0.25) is 0 Å². The summed E-state index contributed by atoms with van der Waals surface area (Å²) < 4.78 is 2.54. The van der Waals surface area contributed by atoms with Gasteiger partial charge in [0.2, 0.25) is 0 Å². The zero-order chi connectivity index (χ0) is 53.1. The summed E-state index contributed by atoms with van der Waals surface area (Å²) >= 11 is 0. The third-order valence-corrected chi connectivity index (χ3v) is 16.2. The highest BCUT2D eigenvalue weighted by Gasteiger charge is 2.28. The molecule has 0 aliphatic heterocycles. The van der Waals surface area contributed by atoms with Crippen molar-refractivity contribution >= 4 is 71.2 Å². The van der Waals surface area contributed by atoms with Gasteiger partial charge in [-0.2, -0.15) is 0 Å². The van der Waals surface area contributed by atoms with E-state index in [9.17, 15) is 0 Å². The van der Waals surface area contributed by atoms with Crippen LogP contribution in [-0.2, 0) is 21.7 Å². The normalized spacial score (nSPS) is 12.7. The average Bonchev–Trinajstić information content (AvgIpc) is 3.73. The fourth-order valence-electron chi connectivity index (χ4n) is 11.7. The summed E-state index contributed by atoms with van der Waals surface area (Å²) in [6.07, 6.45) is 0. The molecule has 0 atom stereocenters. The summed E-state index contributed by atoms with van der Waals surface area (Å²) in [6, 6.07) is 78.6. The molecule has 2 heteroatoms. The van der Waals surface area contributed by atoms with Crippen molar-refractivity contribution in [2.75, 3.05) is 4.90 Å². The highest BCUT2D eigenvalue weighted by molar-refractivity contribution is 6.27. The van der Waals surface area contributed by atoms with Gasteiger partial charge in [0.15, 0.2) is 0 Å². The first-order chi connectivity index (χ1) is 36.2. The highest BCUT2D eigenvalue weighted by atomic mass is 15.1. The molecule has 0 unspecified atom stereocenters. The van der Waals surface area contributed by atoms with E-state index in [2.05, 4.69) is 299 Å². The van der Waals surface area contributed by atoms with Crippen molar-refractivity contribution in [2.24, 2.45) is 0 Å². The molecule has 12 aromatic rings. The van der Waals surface area contributed by atoms with Gasteiger partial charge in [0.05, 0.1) is 28.1 Å². The maximum absolute atomic E-state index is 2.58. The molecule has 376 valence electrons. The third-order valence-electron chi connectivity index (χ3n) is 16.2. The van der Waals surface area contributed by atoms with Crippen LogP contribution in [0.3, 0.4) is 0 Å². The fourth-order valence-corrected chi connectivity index (χ4v) is 11.7. The Labute approximate surface area is 450 Å². The number of aromatic nitrogens is 1. The van der Waals surface area contributed by atoms with Crippen LogP contribution < -0.4 is 4.90 Å². The summed E-state index contributed by atoms with van der Waals surface area (Å²) in [4.78, 5) is 2.58. The van der Waals surface area contributed by atoms with E-state index in [1.807, 2.05) is 0 Å². The molecule has 0 bridgehead atoms. The summed E-state index contributed by atoms with van der Waals surface area (Å²) in [5, 5.41) is 10.1. The Balaban J connectivity index is 1.15. The van der Waals surface area contributed by atoms with E-state index in [4.69, 9.17) is 0 Å². The molecule has 1 heterocycles. The minimum absolute atomic E-state index is 0.0163. The van der Waals surface area contributed by atoms with E-state index in [0.717, 1.165) is 17.1 Å². The zero-order valence-corrected chi connectivity index (χ0v) is 46.5. The molecule has 0 aliphatic rings. The van der Waals surface area contributed by atoms with Crippen LogP contribution in [-0.4, -0.2) is 4.57 Å². The van der Waals surface area contributed by atoms with Crippen LogP contribution in [0.1, 0.15) is 105 Å². The van der Waals surface area contributed by atoms with Gasteiger partial charge >= 0.3 is 0 Å². The maximum atomic E-state index is 2.58. The van der Waals surface area contributed by atoms with Crippen LogP contribution in [0, 0.1) is 0 Å². The number of nitrogens with zero attached hydrogens (tertiary/aromatic N) is 2. The first-order valence-electron chi connectivity index (χ1n) is 27.3. The smallest absolute Gasteiger partial charge is 0.0541 e. The quantitative estimate of drug-likeness (QED) is 0.145. The van der Waals surface area contributed by atoms with Crippen LogP contribution in [0.25, 0.3) is 93.2 Å². The molecule has 11 aromatic carbocycles. The Kier molecular flexibility index (Phi) is 11.5. The summed E-state index contributed by atoms with van der Waals surface area (Å²) in [5.41, 5.74) is 19.4. The van der Waals surface area contributed by atoms with Crippen LogP contribution in [0.5, 0.6) is 0 Å². The molecular formula is C74H70N2. The lowest BCUT2D eigenvalue weighted by Gasteiger charge is -2.33. The number of hydrogen-bond donors (Lipinski definition) is 0. The van der Waals surface area contributed by atoms with Crippen molar-refractivity contribution < 1.29 is 0 Å². The maximum Gasteiger partial charge on any atom is 0.0541 e. The highest BCUT2D eigenvalue weighted by Crippen LogP contribution is 2.50. The van der Waals surface area contributed by atoms with Crippen molar-refractivity contribution in [3.05, 3.63) is 229 Å². The Bertz CT molecular complexity index is 4090. The van der Waals surface area contributed by atoms with E-state index >= 15 is 0 Å². The van der Waals surface area contributed by atoms with Crippen LogP contribution in [0.4, 0.5) is 17.1 Å². The molecule has 0 saturated heterocycles. The summed E-state index contributed by atoms with van der Waals surface area (Å²) in [6.45, 7) is 27.9. The van der Waals surface area contributed by atoms with Crippen molar-refractivity contribution in [1.29, 1.82) is 0 Å². The molecule has 0 amide bonds. The largest absolute Gasteiger partial charge is 0.309 e. The summed E-state index contributed by atoms with van der Waals surface area (Å²) in [5.74, 6) is 0. The van der Waals surface area contributed by atoms with Crippen LogP contribution in [0.15, 0.2) is 206 Å². The number of anilines is 3. The monoisotopic (exact) mass is 987 g/mol. The van der Waals surface area contributed by atoms with Gasteiger partial charge in [0.25, 0.3) is 0 Å². The molecule has 0 radical (unpaired) electrons. The Morgan fingerprint density at radius 2 is 0.750 bits per heavy atom. The van der Waals surface area contributed by atoms with Gasteiger partial charge in [-0.3, -0.25) is 0 Å². The van der Waals surface area contributed by atoms with E-state index in [0.29, 0.717) is 0 Å². The van der Waals surface area contributed by atoms with Crippen molar-refractivity contribution in [3.8, 4) is 39.1 Å². The molecule has 0 N–H and O–H groups in total. The molecule has 0 fully saturated rings. The van der Waals surface area contributed by atoms with Gasteiger partial charge in [0.1, 0.15) is 0 Å². The number of benzene rings is 11. The molecule has 2 nitrogen and oxygen atoms in total. The van der Waals surface area contributed by atoms with Crippen molar-refractivity contribution in [2.45, 2.75) is 105 Å². The Hall–Kier alpha value is -7.94. The zero-order valence-electron chi connectivity index (χ0n) is 46.5. The lowest BCUT2D eigenvalue weighted by atomic mass is 9.83. The molecular weight excluding hydrogens is 917 g/mol. The van der Waals surface area contributed by atoms with Crippen LogP contribution >= 0.6 is 0 Å². The second-order valence-electron chi connectivity index (χ2n) is 25.5. The van der Waals surface area contributed by atoms with E-state index in [1.54, 1.807) is 0 Å². The van der Waals surface area contributed by atoms with Gasteiger partial charge < -0.3 is 9.47 Å². The SMILES string of the molecule is CC(C)(C)c1cc(-c2ccccc2)cc(N(c2ccc(C(C)(C)C)cc2-c2ccc(-c3ccccc3)cc2)c2ccc3ccc4c(-n5c6ccc(C(C)(C)C)cc6c6cc(C(C)(C)C)ccc65)ccc5ccc2c3c54)c1. The predicted octanol–water partition coefficient (Wildman–Crippen LogP) is 21.3. The minimum Gasteiger partial charge on any atom is -0.309 e. The molecule has 0 spiro atoms. The first-order valence-corrected chi connectivity index (χ1v) is 27.3. The predicted molar refractivity (Wildman–Crippen MR) is 330 cm³/mol. The summed E-state index contributed by atoms with van der Waals surface area (Å²) in [7, 11) is 0. The van der Waals surface area contributed by atoms with E-state index < -0.39 is 0 Å². The van der Waals surface area contributed by atoms with Gasteiger partial charge in [-0.05, 0) is 154 Å². The molecule has 12 rings (SSSR count). The van der Waals surface area contributed by atoms with Gasteiger partial charge in [0, 0.05) is 32.8 Å². The third kappa shape index (κ3) is 8.53. The second kappa shape index (κ2) is 17.8. The van der Waals surface area contributed by atoms with E-state index in [-0.39, 0.29) is 21.7 Å². The van der Waals surface area contributed by atoms with Gasteiger partial charge in [-0.25, -0.2) is 0 Å². The Morgan fingerprint density at radius 3 is 1.32 bits per heavy atom. The lowest BCUT2D eigenvalue weighted by molar-refractivity contribution is 0.590. The second-order valence-corrected chi connectivity index (χ2v) is 25.5. The van der Waals surface area contributed by atoms with Crippen molar-refractivity contribution in [1.82, 2.24) is 4.57 Å². The van der Waals surface area contributed by atoms with E-state index in [1.165, 1.54) is 115 Å². The number of hydrogen-bond acceptors (Lipinski definition) is 1. The standard InChI is InChI=1S/C74H70N2/c1-71(2,3)54-31-38-66(61(44-54)50-25-23-49(24-26-50)47-19-15-13-16-20-47)75(58-42-53(48-21-17-14-18-22-48)41-57(43-58)74(10,11)12)64-36-29-51-28-35-60-65(37-30-52-27-34-59(64)69(51)70(52)60)76-67-39-32-55(72(4,5)6)45-62(67)63-46-56(73(7,8)9)33-40-68(63)76/h13-46H,1-12H3. The van der Waals surface area contributed by atoms with Crippen molar-refractivity contribution in [3.63, 3.8) is 0 Å². The minimum atomic E-state index is -0.119. The average molecular weight is 987 g/mol. The topological polar surface area (TPSA) is 8.17 Å². The Morgan fingerprint density at radius 1 is 0.303 bits per heavy atom. The molecule has 0 aliphatic carbocycles. The molecule has 76 heavy (non-hydrogen) atoms. The molecule has 0 saturated carbocycles. The van der Waals surface area contributed by atoms with Gasteiger partial charge in [-0.15, -0.1) is 0 Å². The fraction of sp³-hybridized carbons (Fsp3) is 0.216.